The number of rotatable bonds is 4. The fourth-order valence-electron chi connectivity index (χ4n) is 1.39. The first-order valence-corrected chi connectivity index (χ1v) is 6.25. The maximum absolute atomic E-state index is 6.01. The van der Waals surface area contributed by atoms with Gasteiger partial charge in [-0.2, -0.15) is 0 Å². The minimum atomic E-state index is -0.135. The van der Waals surface area contributed by atoms with Crippen molar-refractivity contribution in [2.24, 2.45) is 5.73 Å². The summed E-state index contributed by atoms with van der Waals surface area (Å²) in [6, 6.07) is 4.57. The molecule has 0 spiro atoms. The van der Waals surface area contributed by atoms with Gasteiger partial charge in [-0.3, -0.25) is 0 Å². The molecule has 1 aromatic rings. The highest BCUT2D eigenvalue weighted by molar-refractivity contribution is 9.11. The van der Waals surface area contributed by atoms with E-state index in [1.807, 2.05) is 7.05 Å². The second kappa shape index (κ2) is 4.75. The molecular formula is C10H17BrN2S. The molecule has 0 aliphatic carbocycles. The Hall–Kier alpha value is 0.1000. The smallest absolute Gasteiger partial charge is 0.0701 e. The van der Waals surface area contributed by atoms with Gasteiger partial charge in [-0.05, 0) is 55.4 Å². The summed E-state index contributed by atoms with van der Waals surface area (Å²) in [4.78, 5) is 1.33. The summed E-state index contributed by atoms with van der Waals surface area (Å²) in [5.74, 6) is 0. The van der Waals surface area contributed by atoms with Gasteiger partial charge in [0.2, 0.25) is 0 Å². The van der Waals surface area contributed by atoms with Crippen LogP contribution in [0.3, 0.4) is 0 Å². The van der Waals surface area contributed by atoms with E-state index in [0.717, 1.165) is 6.42 Å². The molecule has 0 aliphatic heterocycles. The Morgan fingerprint density at radius 2 is 2.21 bits per heavy atom. The summed E-state index contributed by atoms with van der Waals surface area (Å²) < 4.78 is 1.17. The van der Waals surface area contributed by atoms with Gasteiger partial charge in [-0.15, -0.1) is 11.3 Å². The summed E-state index contributed by atoms with van der Waals surface area (Å²) in [6.07, 6.45) is 0.941. The lowest BCUT2D eigenvalue weighted by atomic mass is 9.96. The molecule has 1 rings (SSSR count). The standard InChI is InChI=1S/C10H17BrN2S/c1-10(2,12)6-7(13-3)8-4-5-9(11)14-8/h4-5,7,13H,6,12H2,1-3H3. The van der Waals surface area contributed by atoms with Gasteiger partial charge < -0.3 is 11.1 Å². The van der Waals surface area contributed by atoms with Gasteiger partial charge in [0.05, 0.1) is 3.79 Å². The molecule has 0 bridgehead atoms. The minimum absolute atomic E-state index is 0.135. The van der Waals surface area contributed by atoms with Crippen LogP contribution < -0.4 is 11.1 Å². The molecule has 0 aliphatic rings. The van der Waals surface area contributed by atoms with Gasteiger partial charge in [-0.25, -0.2) is 0 Å². The van der Waals surface area contributed by atoms with Crippen LogP contribution in [0.2, 0.25) is 0 Å². The Balaban J connectivity index is 2.72. The fraction of sp³-hybridized carbons (Fsp3) is 0.600. The van der Waals surface area contributed by atoms with E-state index < -0.39 is 0 Å². The molecule has 0 radical (unpaired) electrons. The number of nitrogens with one attached hydrogen (secondary N) is 1. The summed E-state index contributed by atoms with van der Waals surface area (Å²) in [5.41, 5.74) is 5.87. The predicted molar refractivity (Wildman–Crippen MR) is 66.7 cm³/mol. The van der Waals surface area contributed by atoms with Crippen LogP contribution in [-0.2, 0) is 0 Å². The summed E-state index contributed by atoms with van der Waals surface area (Å²) in [5, 5.41) is 3.30. The van der Waals surface area contributed by atoms with Gasteiger partial charge >= 0.3 is 0 Å². The van der Waals surface area contributed by atoms with Gasteiger partial charge in [0.15, 0.2) is 0 Å². The zero-order valence-electron chi connectivity index (χ0n) is 8.80. The summed E-state index contributed by atoms with van der Waals surface area (Å²) in [6.45, 7) is 4.11. The van der Waals surface area contributed by atoms with E-state index in [1.165, 1.54) is 8.66 Å². The van der Waals surface area contributed by atoms with E-state index in [-0.39, 0.29) is 5.54 Å². The quantitative estimate of drug-likeness (QED) is 0.888. The summed E-state index contributed by atoms with van der Waals surface area (Å²) >= 11 is 5.23. The Bertz CT molecular complexity index is 291. The molecule has 1 heterocycles. The molecule has 1 unspecified atom stereocenters. The van der Waals surface area contributed by atoms with Crippen LogP contribution in [0.5, 0.6) is 0 Å². The first-order chi connectivity index (χ1) is 6.42. The van der Waals surface area contributed by atoms with Crippen LogP contribution in [0.1, 0.15) is 31.2 Å². The molecule has 0 fully saturated rings. The molecule has 1 atom stereocenters. The molecule has 80 valence electrons. The van der Waals surface area contributed by atoms with Crippen molar-refractivity contribution in [1.29, 1.82) is 0 Å². The van der Waals surface area contributed by atoms with Gasteiger partial charge in [-0.1, -0.05) is 0 Å². The third kappa shape index (κ3) is 3.69. The maximum atomic E-state index is 6.01. The van der Waals surface area contributed by atoms with Crippen LogP contribution in [0.25, 0.3) is 0 Å². The van der Waals surface area contributed by atoms with Crippen molar-refractivity contribution in [2.45, 2.75) is 31.8 Å². The predicted octanol–water partition coefficient (Wildman–Crippen LogP) is 2.90. The van der Waals surface area contributed by atoms with Crippen molar-refractivity contribution in [1.82, 2.24) is 5.32 Å². The molecule has 1 aromatic heterocycles. The Morgan fingerprint density at radius 3 is 2.57 bits per heavy atom. The lowest BCUT2D eigenvalue weighted by molar-refractivity contribution is 0.399. The lowest BCUT2D eigenvalue weighted by Crippen LogP contribution is -2.36. The fourth-order valence-corrected chi connectivity index (χ4v) is 2.92. The molecule has 14 heavy (non-hydrogen) atoms. The molecule has 4 heteroatoms. The first kappa shape index (κ1) is 12.2. The Kier molecular flexibility index (Phi) is 4.13. The van der Waals surface area contributed by atoms with Crippen molar-refractivity contribution < 1.29 is 0 Å². The third-order valence-electron chi connectivity index (χ3n) is 2.02. The highest BCUT2D eigenvalue weighted by Crippen LogP contribution is 2.30. The van der Waals surface area contributed by atoms with Crippen molar-refractivity contribution in [3.8, 4) is 0 Å². The van der Waals surface area contributed by atoms with Crippen molar-refractivity contribution in [3.05, 3.63) is 20.8 Å². The second-order valence-corrected chi connectivity index (χ2v) is 6.67. The van der Waals surface area contributed by atoms with Crippen molar-refractivity contribution in [2.75, 3.05) is 7.05 Å². The number of hydrogen-bond donors (Lipinski definition) is 2. The number of hydrogen-bond acceptors (Lipinski definition) is 3. The minimum Gasteiger partial charge on any atom is -0.325 e. The van der Waals surface area contributed by atoms with Gasteiger partial charge in [0.25, 0.3) is 0 Å². The summed E-state index contributed by atoms with van der Waals surface area (Å²) in [7, 11) is 1.98. The van der Waals surface area contributed by atoms with E-state index in [9.17, 15) is 0 Å². The number of nitrogens with two attached hydrogens (primary N) is 1. The van der Waals surface area contributed by atoms with Crippen LogP contribution in [0, 0.1) is 0 Å². The number of thiophene rings is 1. The van der Waals surface area contributed by atoms with Crippen molar-refractivity contribution in [3.63, 3.8) is 0 Å². The normalized spacial score (nSPS) is 14.4. The number of halogens is 1. The first-order valence-electron chi connectivity index (χ1n) is 4.64. The van der Waals surface area contributed by atoms with Crippen LogP contribution in [0.15, 0.2) is 15.9 Å². The average Bonchev–Trinajstić information content (AvgIpc) is 2.46. The van der Waals surface area contributed by atoms with E-state index in [4.69, 9.17) is 5.73 Å². The molecule has 0 saturated carbocycles. The SMILES string of the molecule is CNC(CC(C)(C)N)c1ccc(Br)s1. The largest absolute Gasteiger partial charge is 0.325 e. The van der Waals surface area contributed by atoms with E-state index in [0.29, 0.717) is 6.04 Å². The Labute approximate surface area is 98.0 Å². The van der Waals surface area contributed by atoms with E-state index >= 15 is 0 Å². The van der Waals surface area contributed by atoms with Crippen LogP contribution >= 0.6 is 27.3 Å². The average molecular weight is 277 g/mol. The zero-order valence-corrected chi connectivity index (χ0v) is 11.2. The molecule has 0 amide bonds. The van der Waals surface area contributed by atoms with Gasteiger partial charge in [0.1, 0.15) is 0 Å². The lowest BCUT2D eigenvalue weighted by Gasteiger charge is -2.24. The molecule has 0 aromatic carbocycles. The third-order valence-corrected chi connectivity index (χ3v) is 3.75. The molecule has 0 saturated heterocycles. The molecule has 2 nitrogen and oxygen atoms in total. The van der Waals surface area contributed by atoms with Crippen molar-refractivity contribution >= 4 is 27.3 Å². The highest BCUT2D eigenvalue weighted by Gasteiger charge is 2.20. The Morgan fingerprint density at radius 1 is 1.57 bits per heavy atom. The molecular weight excluding hydrogens is 260 g/mol. The monoisotopic (exact) mass is 276 g/mol. The topological polar surface area (TPSA) is 38.0 Å². The van der Waals surface area contributed by atoms with Crippen LogP contribution in [-0.4, -0.2) is 12.6 Å². The second-order valence-electron chi connectivity index (χ2n) is 4.18. The van der Waals surface area contributed by atoms with E-state index in [1.54, 1.807) is 11.3 Å². The van der Waals surface area contributed by atoms with Gasteiger partial charge in [0, 0.05) is 16.5 Å². The highest BCUT2D eigenvalue weighted by atomic mass is 79.9. The van der Waals surface area contributed by atoms with Crippen LogP contribution in [0.4, 0.5) is 0 Å². The maximum Gasteiger partial charge on any atom is 0.0701 e. The zero-order chi connectivity index (χ0) is 10.8. The van der Waals surface area contributed by atoms with E-state index in [2.05, 4.69) is 47.2 Å². The molecule has 3 N–H and O–H groups in total.